The Hall–Kier alpha value is -0.873. The molecule has 2 rings (SSSR count). The number of nitrogens with zero attached hydrogens (tertiary/aromatic N) is 4. The molecule has 3 N–H and O–H groups in total. The Morgan fingerprint density at radius 1 is 1.15 bits per heavy atom. The van der Waals surface area contributed by atoms with Crippen LogP contribution in [0.3, 0.4) is 0 Å². The molecule has 4 atom stereocenters. The van der Waals surface area contributed by atoms with Crippen molar-refractivity contribution in [2.75, 3.05) is 0 Å². The average molecular weight is 302 g/mol. The topological polar surface area (TPSA) is 114 Å². The molecule has 0 aliphatic carbocycles. The summed E-state index contributed by atoms with van der Waals surface area (Å²) in [5.41, 5.74) is 0. The minimum absolute atomic E-state index is 0.0676. The van der Waals surface area contributed by atoms with Crippen molar-refractivity contribution in [3.05, 3.63) is 5.82 Å². The number of hydrogen-bond acceptors (Lipinski definition) is 7. The lowest BCUT2D eigenvalue weighted by Gasteiger charge is -2.43. The molecule has 0 spiro atoms. The number of aliphatic hydroxyl groups excluding tert-OH is 3. The molecule has 20 heavy (non-hydrogen) atoms. The van der Waals surface area contributed by atoms with E-state index in [1.54, 1.807) is 0 Å². The standard InChI is InChI=1S/C11H22N4O4Si/c1-11(2,3)20(4,5)19-10-8(18)6(16)7(17)9-12-13-14-15(9)10/h6-8,10,16-18H,1-5H3/t6-,7+,8+,10-/m1/s1. The minimum atomic E-state index is -2.20. The molecule has 0 amide bonds. The van der Waals surface area contributed by atoms with Gasteiger partial charge in [0.1, 0.15) is 18.3 Å². The molecule has 0 fully saturated rings. The van der Waals surface area contributed by atoms with Crippen LogP contribution in [-0.2, 0) is 4.43 Å². The Balaban J connectivity index is 2.35. The number of aromatic nitrogens is 4. The van der Waals surface area contributed by atoms with Crippen LogP contribution in [0, 0.1) is 0 Å². The fraction of sp³-hybridized carbons (Fsp3) is 0.909. The summed E-state index contributed by atoms with van der Waals surface area (Å²) in [5.74, 6) is 0.103. The molecule has 2 heterocycles. The van der Waals surface area contributed by atoms with Crippen molar-refractivity contribution < 1.29 is 19.7 Å². The smallest absolute Gasteiger partial charge is 0.195 e. The zero-order chi connectivity index (χ0) is 15.3. The van der Waals surface area contributed by atoms with E-state index in [2.05, 4.69) is 36.3 Å². The molecule has 0 saturated carbocycles. The molecule has 0 saturated heterocycles. The quantitative estimate of drug-likeness (QED) is 0.657. The van der Waals surface area contributed by atoms with Gasteiger partial charge in [-0.05, 0) is 28.6 Å². The van der Waals surface area contributed by atoms with E-state index >= 15 is 0 Å². The number of tetrazole rings is 1. The van der Waals surface area contributed by atoms with Gasteiger partial charge >= 0.3 is 0 Å². The van der Waals surface area contributed by atoms with E-state index in [9.17, 15) is 15.3 Å². The van der Waals surface area contributed by atoms with E-state index in [4.69, 9.17) is 4.43 Å². The Kier molecular flexibility index (Phi) is 3.76. The van der Waals surface area contributed by atoms with E-state index in [1.807, 2.05) is 13.1 Å². The second-order valence-electron chi connectivity index (χ2n) is 6.68. The van der Waals surface area contributed by atoms with Crippen molar-refractivity contribution in [2.45, 2.75) is 63.4 Å². The summed E-state index contributed by atoms with van der Waals surface area (Å²) in [7, 11) is -2.20. The van der Waals surface area contributed by atoms with Gasteiger partial charge in [-0.15, -0.1) is 5.10 Å². The molecule has 114 valence electrons. The highest BCUT2D eigenvalue weighted by Crippen LogP contribution is 2.41. The van der Waals surface area contributed by atoms with E-state index in [0.29, 0.717) is 0 Å². The normalized spacial score (nSPS) is 31.2. The van der Waals surface area contributed by atoms with Gasteiger partial charge in [-0.2, -0.15) is 4.68 Å². The fourth-order valence-corrected chi connectivity index (χ4v) is 3.02. The third kappa shape index (κ3) is 2.39. The van der Waals surface area contributed by atoms with Gasteiger partial charge in [0.15, 0.2) is 20.4 Å². The number of rotatable bonds is 2. The van der Waals surface area contributed by atoms with Crippen LogP contribution in [0.15, 0.2) is 0 Å². The van der Waals surface area contributed by atoms with Crippen molar-refractivity contribution in [3.63, 3.8) is 0 Å². The fourth-order valence-electron chi connectivity index (χ4n) is 1.83. The second-order valence-corrected chi connectivity index (χ2v) is 11.4. The first-order valence-electron chi connectivity index (χ1n) is 6.56. The maximum atomic E-state index is 10.2. The first-order valence-corrected chi connectivity index (χ1v) is 9.47. The second kappa shape index (κ2) is 4.85. The predicted molar refractivity (Wildman–Crippen MR) is 72.1 cm³/mol. The molecular formula is C11H22N4O4Si. The number of aliphatic hydroxyl groups is 3. The molecule has 1 aliphatic rings. The molecule has 0 bridgehead atoms. The van der Waals surface area contributed by atoms with Crippen LogP contribution < -0.4 is 0 Å². The van der Waals surface area contributed by atoms with E-state index in [-0.39, 0.29) is 10.9 Å². The highest BCUT2D eigenvalue weighted by Gasteiger charge is 2.48. The van der Waals surface area contributed by atoms with Gasteiger partial charge in [0.25, 0.3) is 0 Å². The average Bonchev–Trinajstić information content (AvgIpc) is 2.79. The summed E-state index contributed by atoms with van der Waals surface area (Å²) in [5, 5.41) is 40.8. The molecule has 8 nitrogen and oxygen atoms in total. The van der Waals surface area contributed by atoms with Gasteiger partial charge in [0.2, 0.25) is 0 Å². The van der Waals surface area contributed by atoms with Gasteiger partial charge in [0, 0.05) is 0 Å². The van der Waals surface area contributed by atoms with Crippen LogP contribution in [0.4, 0.5) is 0 Å². The molecule has 0 unspecified atom stereocenters. The highest BCUT2D eigenvalue weighted by atomic mass is 28.4. The van der Waals surface area contributed by atoms with Gasteiger partial charge in [0.05, 0.1) is 0 Å². The van der Waals surface area contributed by atoms with Crippen molar-refractivity contribution in [2.24, 2.45) is 0 Å². The van der Waals surface area contributed by atoms with Crippen LogP contribution in [0.2, 0.25) is 18.1 Å². The lowest BCUT2D eigenvalue weighted by molar-refractivity contribution is -0.151. The monoisotopic (exact) mass is 302 g/mol. The summed E-state index contributed by atoms with van der Waals surface area (Å²) in [4.78, 5) is 0. The third-order valence-electron chi connectivity index (χ3n) is 4.21. The molecule has 1 aromatic rings. The van der Waals surface area contributed by atoms with Crippen LogP contribution in [0.1, 0.15) is 38.9 Å². The Morgan fingerprint density at radius 3 is 2.30 bits per heavy atom. The lowest BCUT2D eigenvalue weighted by atomic mass is 10.0. The van der Waals surface area contributed by atoms with Crippen molar-refractivity contribution >= 4 is 8.32 Å². The number of hydrogen-bond donors (Lipinski definition) is 3. The summed E-state index contributed by atoms with van der Waals surface area (Å²) < 4.78 is 7.35. The maximum Gasteiger partial charge on any atom is 0.195 e. The van der Waals surface area contributed by atoms with Crippen molar-refractivity contribution in [1.29, 1.82) is 0 Å². The molecule has 1 aromatic heterocycles. The van der Waals surface area contributed by atoms with Crippen molar-refractivity contribution in [3.8, 4) is 0 Å². The van der Waals surface area contributed by atoms with Gasteiger partial charge in [-0.1, -0.05) is 20.8 Å². The summed E-state index contributed by atoms with van der Waals surface area (Å²) in [6, 6.07) is 0. The first-order chi connectivity index (χ1) is 9.06. The van der Waals surface area contributed by atoms with Crippen LogP contribution in [0.25, 0.3) is 0 Å². The largest absolute Gasteiger partial charge is 0.394 e. The summed E-state index contributed by atoms with van der Waals surface area (Å²) >= 11 is 0. The van der Waals surface area contributed by atoms with E-state index in [0.717, 1.165) is 0 Å². The van der Waals surface area contributed by atoms with Crippen LogP contribution >= 0.6 is 0 Å². The van der Waals surface area contributed by atoms with Gasteiger partial charge in [-0.3, -0.25) is 0 Å². The van der Waals surface area contributed by atoms with Crippen molar-refractivity contribution in [1.82, 2.24) is 20.2 Å². The zero-order valence-electron chi connectivity index (χ0n) is 12.3. The Bertz CT molecular complexity index is 487. The minimum Gasteiger partial charge on any atom is -0.394 e. The Morgan fingerprint density at radius 2 is 1.75 bits per heavy atom. The molecule has 9 heteroatoms. The zero-order valence-corrected chi connectivity index (χ0v) is 13.3. The number of fused-ring (bicyclic) bond motifs is 1. The SMILES string of the molecule is CC(C)(C)[Si](C)(C)O[C@@H]1[C@@H](O)[C@H](O)[C@H](O)c2nnnn21. The molecule has 0 radical (unpaired) electrons. The van der Waals surface area contributed by atoms with Gasteiger partial charge < -0.3 is 19.7 Å². The van der Waals surface area contributed by atoms with Gasteiger partial charge in [-0.25, -0.2) is 0 Å². The maximum absolute atomic E-state index is 10.2. The third-order valence-corrected chi connectivity index (χ3v) is 8.65. The highest BCUT2D eigenvalue weighted by molar-refractivity contribution is 6.74. The summed E-state index contributed by atoms with van der Waals surface area (Å²) in [6.07, 6.45) is -4.86. The molecule has 1 aliphatic heterocycles. The van der Waals surface area contributed by atoms with E-state index in [1.165, 1.54) is 4.68 Å². The molecular weight excluding hydrogens is 280 g/mol. The predicted octanol–water partition coefficient (Wildman–Crippen LogP) is -0.0377. The van der Waals surface area contributed by atoms with Crippen LogP contribution in [0.5, 0.6) is 0 Å². The lowest BCUT2D eigenvalue weighted by Crippen LogP contribution is -2.52. The van der Waals surface area contributed by atoms with E-state index < -0.39 is 32.9 Å². The Labute approximate surface area is 118 Å². The van der Waals surface area contributed by atoms with Crippen LogP contribution in [-0.4, -0.2) is 56.1 Å². The summed E-state index contributed by atoms with van der Waals surface area (Å²) in [6.45, 7) is 10.3. The molecule has 0 aromatic carbocycles. The first kappa shape index (κ1) is 15.5.